The van der Waals surface area contributed by atoms with Crippen molar-refractivity contribution in [2.75, 3.05) is 0 Å². The van der Waals surface area contributed by atoms with Gasteiger partial charge in [-0.2, -0.15) is 0 Å². The van der Waals surface area contributed by atoms with Crippen LogP contribution in [0.3, 0.4) is 0 Å². The van der Waals surface area contributed by atoms with Crippen molar-refractivity contribution in [2.45, 2.75) is 11.8 Å². The van der Waals surface area contributed by atoms with E-state index in [9.17, 15) is 8.42 Å². The normalized spacial score (nSPS) is 14.7. The second-order valence-electron chi connectivity index (χ2n) is 2.95. The highest BCUT2D eigenvalue weighted by molar-refractivity contribution is 7.89. The standard InChI is InChI=1S/C9H9NO2S/c1-8-2-4-9(5-3-8)13(11,12)10-6-7-10/h2-7H,1H3. The smallest absolute Gasteiger partial charge is 0.246 e. The summed E-state index contributed by atoms with van der Waals surface area (Å²) in [6.45, 7) is 1.92. The lowest BCUT2D eigenvalue weighted by Crippen LogP contribution is -2.10. The molecule has 0 N–H and O–H groups in total. The van der Waals surface area contributed by atoms with Crippen LogP contribution in [0.1, 0.15) is 5.56 Å². The Morgan fingerprint density at radius 3 is 2.08 bits per heavy atom. The van der Waals surface area contributed by atoms with Gasteiger partial charge in [-0.1, -0.05) is 17.7 Å². The molecule has 0 saturated heterocycles. The van der Waals surface area contributed by atoms with E-state index >= 15 is 0 Å². The van der Waals surface area contributed by atoms with E-state index in [1.807, 2.05) is 6.92 Å². The molecule has 1 aliphatic rings. The average Bonchev–Trinajstić information content (AvgIpc) is 2.87. The summed E-state index contributed by atoms with van der Waals surface area (Å²) in [7, 11) is -3.26. The van der Waals surface area contributed by atoms with Gasteiger partial charge in [0.25, 0.3) is 10.0 Å². The molecule has 13 heavy (non-hydrogen) atoms. The molecule has 0 aromatic heterocycles. The highest BCUT2D eigenvalue weighted by atomic mass is 32.2. The molecule has 0 aliphatic carbocycles. The minimum absolute atomic E-state index is 0.336. The highest BCUT2D eigenvalue weighted by Gasteiger charge is 2.25. The Morgan fingerprint density at radius 2 is 1.62 bits per heavy atom. The Balaban J connectivity index is 2.40. The summed E-state index contributed by atoms with van der Waals surface area (Å²) in [4.78, 5) is 0.336. The van der Waals surface area contributed by atoms with E-state index in [4.69, 9.17) is 0 Å². The van der Waals surface area contributed by atoms with Gasteiger partial charge in [-0.3, -0.25) is 0 Å². The van der Waals surface area contributed by atoms with Gasteiger partial charge in [0.1, 0.15) is 0 Å². The average molecular weight is 195 g/mol. The zero-order chi connectivity index (χ0) is 9.47. The fourth-order valence-electron chi connectivity index (χ4n) is 1.02. The molecule has 0 unspecified atom stereocenters. The summed E-state index contributed by atoms with van der Waals surface area (Å²) in [5, 5.41) is 0. The minimum atomic E-state index is -3.26. The van der Waals surface area contributed by atoms with Crippen molar-refractivity contribution in [3.63, 3.8) is 0 Å². The molecule has 0 fully saturated rings. The predicted molar refractivity (Wildman–Crippen MR) is 49.3 cm³/mol. The Labute approximate surface area is 77.4 Å². The molecular formula is C9H9NO2S. The first-order valence-electron chi connectivity index (χ1n) is 3.89. The molecule has 68 valence electrons. The number of hydrogen-bond donors (Lipinski definition) is 0. The molecular weight excluding hydrogens is 186 g/mol. The molecule has 0 amide bonds. The van der Waals surface area contributed by atoms with Gasteiger partial charge in [0, 0.05) is 12.4 Å². The van der Waals surface area contributed by atoms with Crippen molar-refractivity contribution in [1.29, 1.82) is 0 Å². The number of aryl methyl sites for hydroxylation is 1. The first-order valence-corrected chi connectivity index (χ1v) is 5.33. The fraction of sp³-hybridized carbons (Fsp3) is 0.111. The first kappa shape index (κ1) is 8.31. The van der Waals surface area contributed by atoms with Crippen LogP contribution in [-0.4, -0.2) is 12.7 Å². The van der Waals surface area contributed by atoms with Gasteiger partial charge in [-0.25, -0.2) is 12.7 Å². The summed E-state index contributed by atoms with van der Waals surface area (Å²) < 4.78 is 24.3. The highest BCUT2D eigenvalue weighted by Crippen LogP contribution is 2.22. The molecule has 0 bridgehead atoms. The zero-order valence-corrected chi connectivity index (χ0v) is 7.95. The van der Waals surface area contributed by atoms with Crippen molar-refractivity contribution >= 4 is 10.0 Å². The molecule has 1 aliphatic heterocycles. The molecule has 1 aromatic rings. The van der Waals surface area contributed by atoms with Gasteiger partial charge in [-0.05, 0) is 19.1 Å². The topological polar surface area (TPSA) is 37.1 Å². The minimum Gasteiger partial charge on any atom is -0.246 e. The molecule has 3 nitrogen and oxygen atoms in total. The maximum Gasteiger partial charge on any atom is 0.267 e. The van der Waals surface area contributed by atoms with Crippen molar-refractivity contribution in [2.24, 2.45) is 0 Å². The van der Waals surface area contributed by atoms with Crippen LogP contribution in [0.15, 0.2) is 41.6 Å². The second kappa shape index (κ2) is 2.60. The summed E-state index contributed by atoms with van der Waals surface area (Å²) in [5.41, 5.74) is 1.05. The summed E-state index contributed by atoms with van der Waals surface area (Å²) in [6.07, 6.45) is 3.05. The molecule has 4 heteroatoms. The first-order chi connectivity index (χ1) is 6.10. The Bertz CT molecular complexity index is 439. The third kappa shape index (κ3) is 1.45. The molecule has 0 atom stereocenters. The van der Waals surface area contributed by atoms with Crippen LogP contribution in [0.5, 0.6) is 0 Å². The van der Waals surface area contributed by atoms with Gasteiger partial charge in [0.05, 0.1) is 4.90 Å². The van der Waals surface area contributed by atoms with Crippen LogP contribution in [0.2, 0.25) is 0 Å². The fourth-order valence-corrected chi connectivity index (χ4v) is 2.12. The van der Waals surface area contributed by atoms with Gasteiger partial charge < -0.3 is 0 Å². The number of hydrogen-bond acceptors (Lipinski definition) is 2. The number of rotatable bonds is 2. The molecule has 1 aromatic carbocycles. The molecule has 0 spiro atoms. The van der Waals surface area contributed by atoms with Crippen LogP contribution >= 0.6 is 0 Å². The zero-order valence-electron chi connectivity index (χ0n) is 7.14. The van der Waals surface area contributed by atoms with Crippen LogP contribution < -0.4 is 0 Å². The lowest BCUT2D eigenvalue weighted by Gasteiger charge is -2.04. The van der Waals surface area contributed by atoms with E-state index in [0.717, 1.165) is 5.56 Å². The van der Waals surface area contributed by atoms with Crippen LogP contribution in [0.25, 0.3) is 0 Å². The van der Waals surface area contributed by atoms with Crippen LogP contribution in [0.4, 0.5) is 0 Å². The third-order valence-electron chi connectivity index (χ3n) is 1.87. The van der Waals surface area contributed by atoms with E-state index in [2.05, 4.69) is 0 Å². The van der Waals surface area contributed by atoms with E-state index < -0.39 is 10.0 Å². The Kier molecular flexibility index (Phi) is 1.66. The van der Waals surface area contributed by atoms with E-state index in [1.165, 1.54) is 16.7 Å². The SMILES string of the molecule is Cc1ccc(S(=O)(=O)N2C=C2)cc1. The van der Waals surface area contributed by atoms with E-state index in [-0.39, 0.29) is 0 Å². The van der Waals surface area contributed by atoms with E-state index in [1.54, 1.807) is 24.3 Å². The van der Waals surface area contributed by atoms with Crippen molar-refractivity contribution < 1.29 is 8.42 Å². The van der Waals surface area contributed by atoms with Crippen molar-refractivity contribution in [1.82, 2.24) is 4.31 Å². The van der Waals surface area contributed by atoms with Gasteiger partial charge in [0.2, 0.25) is 0 Å². The third-order valence-corrected chi connectivity index (χ3v) is 3.53. The molecule has 2 rings (SSSR count). The van der Waals surface area contributed by atoms with Crippen LogP contribution in [0, 0.1) is 6.92 Å². The largest absolute Gasteiger partial charge is 0.267 e. The van der Waals surface area contributed by atoms with Crippen molar-refractivity contribution in [3.05, 3.63) is 42.2 Å². The monoisotopic (exact) mass is 195 g/mol. The quantitative estimate of drug-likeness (QED) is 0.716. The maximum atomic E-state index is 11.6. The van der Waals surface area contributed by atoms with Gasteiger partial charge in [0.15, 0.2) is 0 Å². The van der Waals surface area contributed by atoms with E-state index in [0.29, 0.717) is 4.90 Å². The van der Waals surface area contributed by atoms with Crippen molar-refractivity contribution in [3.8, 4) is 0 Å². The lowest BCUT2D eigenvalue weighted by molar-refractivity contribution is 0.570. The lowest BCUT2D eigenvalue weighted by atomic mass is 10.2. The molecule has 1 heterocycles. The summed E-state index contributed by atoms with van der Waals surface area (Å²) >= 11 is 0. The molecule has 0 radical (unpaired) electrons. The van der Waals surface area contributed by atoms with Gasteiger partial charge >= 0.3 is 0 Å². The number of benzene rings is 1. The maximum absolute atomic E-state index is 11.6. The Morgan fingerprint density at radius 1 is 1.08 bits per heavy atom. The molecule has 0 saturated carbocycles. The summed E-state index contributed by atoms with van der Waals surface area (Å²) in [6, 6.07) is 6.81. The van der Waals surface area contributed by atoms with Gasteiger partial charge in [-0.15, -0.1) is 0 Å². The Hall–Kier alpha value is -1.29. The predicted octanol–water partition coefficient (Wildman–Crippen LogP) is 1.47. The number of nitrogens with zero attached hydrogens (tertiary/aromatic N) is 1. The van der Waals surface area contributed by atoms with Crippen LogP contribution in [-0.2, 0) is 10.0 Å². The number of sulfonamides is 1. The summed E-state index contributed by atoms with van der Waals surface area (Å²) in [5.74, 6) is 0. The second-order valence-corrected chi connectivity index (χ2v) is 4.79.